The highest BCUT2D eigenvalue weighted by molar-refractivity contribution is 9.10. The van der Waals surface area contributed by atoms with Crippen molar-refractivity contribution in [1.82, 2.24) is 9.78 Å². The number of halogens is 1. The monoisotopic (exact) mass is 327 g/mol. The molecule has 1 unspecified atom stereocenters. The molecule has 1 aromatic heterocycles. The minimum Gasteiger partial charge on any atom is -0.382 e. The van der Waals surface area contributed by atoms with E-state index in [2.05, 4.69) is 47.1 Å². The van der Waals surface area contributed by atoms with Gasteiger partial charge in [0.15, 0.2) is 0 Å². The Morgan fingerprint density at radius 3 is 2.74 bits per heavy atom. The summed E-state index contributed by atoms with van der Waals surface area (Å²) in [7, 11) is 0. The van der Waals surface area contributed by atoms with Gasteiger partial charge in [-0.05, 0) is 46.5 Å². The summed E-state index contributed by atoms with van der Waals surface area (Å²) in [6.07, 6.45) is 4.43. The van der Waals surface area contributed by atoms with Crippen molar-refractivity contribution >= 4 is 21.6 Å². The van der Waals surface area contributed by atoms with Gasteiger partial charge < -0.3 is 5.32 Å². The van der Waals surface area contributed by atoms with Crippen molar-refractivity contribution in [2.24, 2.45) is 17.8 Å². The standard InChI is InChI=1S/C14H22BrN3O/c1-9(2)8-18-14(19)13(15)12(7-17-18)16-6-10(3)11-4-5-11/h7,9-11,16H,4-6,8H2,1-3H3. The summed E-state index contributed by atoms with van der Waals surface area (Å²) in [5.41, 5.74) is 0.746. The lowest BCUT2D eigenvalue weighted by Gasteiger charge is -2.14. The Balaban J connectivity index is 2.05. The molecular formula is C14H22BrN3O. The minimum atomic E-state index is -0.0576. The van der Waals surface area contributed by atoms with Crippen LogP contribution in [0.2, 0.25) is 0 Å². The molecule has 1 aromatic rings. The van der Waals surface area contributed by atoms with Crippen LogP contribution in [0.3, 0.4) is 0 Å². The van der Waals surface area contributed by atoms with Crippen LogP contribution in [0.15, 0.2) is 15.5 Å². The highest BCUT2D eigenvalue weighted by Crippen LogP contribution is 2.36. The predicted molar refractivity (Wildman–Crippen MR) is 81.4 cm³/mol. The summed E-state index contributed by atoms with van der Waals surface area (Å²) in [6.45, 7) is 7.96. The lowest BCUT2D eigenvalue weighted by Crippen LogP contribution is -2.27. The Kier molecular flexibility index (Phi) is 4.66. The lowest BCUT2D eigenvalue weighted by atomic mass is 10.1. The van der Waals surface area contributed by atoms with E-state index in [-0.39, 0.29) is 5.56 Å². The first-order chi connectivity index (χ1) is 8.99. The molecule has 4 nitrogen and oxygen atoms in total. The molecular weight excluding hydrogens is 306 g/mol. The molecule has 1 aliphatic rings. The van der Waals surface area contributed by atoms with Gasteiger partial charge in [0.05, 0.1) is 11.9 Å². The molecule has 1 fully saturated rings. The highest BCUT2D eigenvalue weighted by Gasteiger charge is 2.27. The van der Waals surface area contributed by atoms with Crippen molar-refractivity contribution in [3.8, 4) is 0 Å². The van der Waals surface area contributed by atoms with Crippen LogP contribution in [0.25, 0.3) is 0 Å². The third-order valence-corrected chi connectivity index (χ3v) is 4.33. The molecule has 19 heavy (non-hydrogen) atoms. The van der Waals surface area contributed by atoms with Gasteiger partial charge in [0.25, 0.3) is 5.56 Å². The van der Waals surface area contributed by atoms with Gasteiger partial charge in [-0.3, -0.25) is 4.79 Å². The van der Waals surface area contributed by atoms with E-state index < -0.39 is 0 Å². The zero-order valence-corrected chi connectivity index (χ0v) is 13.4. The molecule has 2 rings (SSSR count). The SMILES string of the molecule is CC(C)Cn1ncc(NCC(C)C2CC2)c(Br)c1=O. The first-order valence-corrected chi connectivity index (χ1v) is 7.77. The molecule has 0 saturated heterocycles. The van der Waals surface area contributed by atoms with Crippen molar-refractivity contribution in [2.45, 2.75) is 40.2 Å². The fraction of sp³-hybridized carbons (Fsp3) is 0.714. The maximum Gasteiger partial charge on any atom is 0.283 e. The smallest absolute Gasteiger partial charge is 0.283 e. The molecule has 0 aromatic carbocycles. The van der Waals surface area contributed by atoms with Crippen molar-refractivity contribution in [3.63, 3.8) is 0 Å². The number of nitrogens with one attached hydrogen (secondary N) is 1. The van der Waals surface area contributed by atoms with Crippen LogP contribution in [-0.2, 0) is 6.54 Å². The maximum absolute atomic E-state index is 12.1. The van der Waals surface area contributed by atoms with Crippen molar-refractivity contribution in [2.75, 3.05) is 11.9 Å². The van der Waals surface area contributed by atoms with E-state index in [0.717, 1.165) is 18.2 Å². The second kappa shape index (κ2) is 6.07. The Morgan fingerprint density at radius 2 is 2.16 bits per heavy atom. The van der Waals surface area contributed by atoms with E-state index in [9.17, 15) is 4.79 Å². The fourth-order valence-electron chi connectivity index (χ4n) is 2.17. The normalized spacial score (nSPS) is 16.7. The lowest BCUT2D eigenvalue weighted by molar-refractivity contribution is 0.462. The van der Waals surface area contributed by atoms with Crippen LogP contribution in [-0.4, -0.2) is 16.3 Å². The zero-order valence-electron chi connectivity index (χ0n) is 11.8. The first kappa shape index (κ1) is 14.6. The predicted octanol–water partition coefficient (Wildman–Crippen LogP) is 3.12. The maximum atomic E-state index is 12.1. The number of rotatable bonds is 6. The van der Waals surface area contributed by atoms with Crippen molar-refractivity contribution in [1.29, 1.82) is 0 Å². The molecule has 0 radical (unpaired) electrons. The van der Waals surface area contributed by atoms with E-state index in [0.29, 0.717) is 22.9 Å². The van der Waals surface area contributed by atoms with Crippen LogP contribution < -0.4 is 10.9 Å². The number of nitrogens with zero attached hydrogens (tertiary/aromatic N) is 2. The van der Waals surface area contributed by atoms with E-state index in [1.807, 2.05) is 0 Å². The summed E-state index contributed by atoms with van der Waals surface area (Å²) in [4.78, 5) is 12.1. The van der Waals surface area contributed by atoms with Gasteiger partial charge in [-0.1, -0.05) is 20.8 Å². The van der Waals surface area contributed by atoms with Gasteiger partial charge in [0.2, 0.25) is 0 Å². The van der Waals surface area contributed by atoms with Crippen molar-refractivity contribution < 1.29 is 0 Å². The topological polar surface area (TPSA) is 46.9 Å². The van der Waals surface area contributed by atoms with Gasteiger partial charge in [-0.25, -0.2) is 4.68 Å². The van der Waals surface area contributed by atoms with Gasteiger partial charge in [-0.15, -0.1) is 0 Å². The largest absolute Gasteiger partial charge is 0.382 e. The average Bonchev–Trinajstić information content (AvgIpc) is 3.17. The molecule has 0 aliphatic heterocycles. The van der Waals surface area contributed by atoms with Gasteiger partial charge >= 0.3 is 0 Å². The number of anilines is 1. The molecule has 5 heteroatoms. The average molecular weight is 328 g/mol. The van der Waals surface area contributed by atoms with Crippen LogP contribution in [0.4, 0.5) is 5.69 Å². The molecule has 1 N–H and O–H groups in total. The summed E-state index contributed by atoms with van der Waals surface area (Å²) >= 11 is 3.39. The van der Waals surface area contributed by atoms with Gasteiger partial charge in [0, 0.05) is 13.1 Å². The summed E-state index contributed by atoms with van der Waals surface area (Å²) in [6, 6.07) is 0. The Hall–Kier alpha value is -0.840. The molecule has 0 amide bonds. The molecule has 0 spiro atoms. The molecule has 1 heterocycles. The minimum absolute atomic E-state index is 0.0576. The second-order valence-corrected chi connectivity index (χ2v) is 6.74. The van der Waals surface area contributed by atoms with Crippen LogP contribution in [0, 0.1) is 17.8 Å². The van der Waals surface area contributed by atoms with E-state index >= 15 is 0 Å². The first-order valence-electron chi connectivity index (χ1n) is 6.98. The Bertz CT molecular complexity index is 494. The van der Waals surface area contributed by atoms with Crippen LogP contribution in [0.1, 0.15) is 33.6 Å². The van der Waals surface area contributed by atoms with Crippen LogP contribution >= 0.6 is 15.9 Å². The summed E-state index contributed by atoms with van der Waals surface area (Å²) < 4.78 is 2.11. The molecule has 0 bridgehead atoms. The molecule has 1 saturated carbocycles. The Morgan fingerprint density at radius 1 is 1.47 bits per heavy atom. The second-order valence-electron chi connectivity index (χ2n) is 5.95. The van der Waals surface area contributed by atoms with Crippen LogP contribution in [0.5, 0.6) is 0 Å². The Labute approximate surface area is 122 Å². The highest BCUT2D eigenvalue weighted by atomic mass is 79.9. The van der Waals surface area contributed by atoms with Crippen molar-refractivity contribution in [3.05, 3.63) is 21.0 Å². The third kappa shape index (κ3) is 3.81. The number of hydrogen-bond acceptors (Lipinski definition) is 3. The van der Waals surface area contributed by atoms with E-state index in [1.165, 1.54) is 17.5 Å². The third-order valence-electron chi connectivity index (χ3n) is 3.56. The molecule has 1 aliphatic carbocycles. The molecule has 1 atom stereocenters. The molecule has 106 valence electrons. The van der Waals surface area contributed by atoms with E-state index in [4.69, 9.17) is 0 Å². The van der Waals surface area contributed by atoms with Gasteiger partial charge in [-0.2, -0.15) is 5.10 Å². The quantitative estimate of drug-likeness (QED) is 0.873. The van der Waals surface area contributed by atoms with E-state index in [1.54, 1.807) is 6.20 Å². The van der Waals surface area contributed by atoms with Gasteiger partial charge in [0.1, 0.15) is 4.47 Å². The number of hydrogen-bond donors (Lipinski definition) is 1. The summed E-state index contributed by atoms with van der Waals surface area (Å²) in [5, 5.41) is 7.56. The zero-order chi connectivity index (χ0) is 14.0. The summed E-state index contributed by atoms with van der Waals surface area (Å²) in [5.74, 6) is 1.93. The number of aromatic nitrogens is 2. The fourth-order valence-corrected chi connectivity index (χ4v) is 2.61.